The third-order valence-corrected chi connectivity index (χ3v) is 2.59. The van der Waals surface area contributed by atoms with E-state index in [0.29, 0.717) is 12.1 Å². The van der Waals surface area contributed by atoms with Crippen molar-refractivity contribution in [1.29, 1.82) is 0 Å². The summed E-state index contributed by atoms with van der Waals surface area (Å²) in [5.74, 6) is -0.521. The predicted molar refractivity (Wildman–Crippen MR) is 59.4 cm³/mol. The molecule has 0 radical (unpaired) electrons. The van der Waals surface area contributed by atoms with Crippen LogP contribution in [0.3, 0.4) is 0 Å². The molecule has 0 amide bonds. The van der Waals surface area contributed by atoms with E-state index in [-0.39, 0.29) is 11.8 Å². The SMILES string of the molecule is OOCc1cnc(-c2cc(C(F)(F)F)cc(C(F)(F)F)c2)o1. The van der Waals surface area contributed by atoms with Crippen molar-refractivity contribution in [1.82, 2.24) is 4.98 Å². The van der Waals surface area contributed by atoms with Gasteiger partial charge in [0.15, 0.2) is 5.76 Å². The van der Waals surface area contributed by atoms with Gasteiger partial charge in [0.2, 0.25) is 5.89 Å². The van der Waals surface area contributed by atoms with Gasteiger partial charge in [-0.05, 0) is 18.2 Å². The van der Waals surface area contributed by atoms with E-state index >= 15 is 0 Å². The van der Waals surface area contributed by atoms with E-state index in [1.807, 2.05) is 0 Å². The molecule has 10 heteroatoms. The molecule has 0 spiro atoms. The largest absolute Gasteiger partial charge is 0.439 e. The van der Waals surface area contributed by atoms with Crippen LogP contribution in [0.4, 0.5) is 26.3 Å². The first-order chi connectivity index (χ1) is 10.1. The van der Waals surface area contributed by atoms with Crippen molar-refractivity contribution in [3.05, 3.63) is 41.3 Å². The second-order valence-corrected chi connectivity index (χ2v) is 4.20. The van der Waals surface area contributed by atoms with Crippen molar-refractivity contribution in [3.63, 3.8) is 0 Å². The van der Waals surface area contributed by atoms with Crippen molar-refractivity contribution in [2.45, 2.75) is 19.0 Å². The summed E-state index contributed by atoms with van der Waals surface area (Å²) in [7, 11) is 0. The van der Waals surface area contributed by atoms with Crippen LogP contribution in [0.15, 0.2) is 28.8 Å². The monoisotopic (exact) mass is 327 g/mol. The minimum absolute atomic E-state index is 0.00415. The van der Waals surface area contributed by atoms with Gasteiger partial charge < -0.3 is 4.42 Å². The molecule has 2 rings (SSSR count). The lowest BCUT2D eigenvalue weighted by Crippen LogP contribution is -2.11. The third-order valence-electron chi connectivity index (χ3n) is 2.59. The summed E-state index contributed by atoms with van der Waals surface area (Å²) in [6.07, 6.45) is -8.90. The first kappa shape index (κ1) is 16.3. The third kappa shape index (κ3) is 3.57. The van der Waals surface area contributed by atoms with E-state index in [1.54, 1.807) is 0 Å². The number of rotatable bonds is 3. The topological polar surface area (TPSA) is 55.5 Å². The zero-order valence-electron chi connectivity index (χ0n) is 10.5. The Morgan fingerprint density at radius 3 is 2.00 bits per heavy atom. The highest BCUT2D eigenvalue weighted by molar-refractivity contribution is 5.57. The first-order valence-electron chi connectivity index (χ1n) is 5.62. The molecule has 0 saturated heterocycles. The summed E-state index contributed by atoms with van der Waals surface area (Å²) in [6, 6.07) is 0.986. The van der Waals surface area contributed by atoms with Crippen molar-refractivity contribution < 1.29 is 40.9 Å². The van der Waals surface area contributed by atoms with Gasteiger partial charge in [0, 0.05) is 5.56 Å². The highest BCUT2D eigenvalue weighted by Gasteiger charge is 2.37. The fourth-order valence-corrected chi connectivity index (χ4v) is 1.65. The Hall–Kier alpha value is -2.07. The van der Waals surface area contributed by atoms with Crippen LogP contribution in [-0.4, -0.2) is 10.2 Å². The van der Waals surface area contributed by atoms with E-state index < -0.39 is 41.5 Å². The van der Waals surface area contributed by atoms with Crippen molar-refractivity contribution in [2.75, 3.05) is 0 Å². The highest BCUT2D eigenvalue weighted by atomic mass is 19.4. The minimum Gasteiger partial charge on any atom is -0.439 e. The lowest BCUT2D eigenvalue weighted by Gasteiger charge is -2.13. The number of halogens is 6. The molecule has 0 aliphatic heterocycles. The molecule has 4 nitrogen and oxygen atoms in total. The number of aromatic nitrogens is 1. The standard InChI is InChI=1S/C12H7F6NO3/c13-11(14,15)7-1-6(2-8(3-7)12(16,17)18)10-19-4-9(22-10)5-21-20/h1-4,20H,5H2. The van der Waals surface area contributed by atoms with E-state index in [0.717, 1.165) is 6.20 Å². The number of oxazole rings is 1. The summed E-state index contributed by atoms with van der Waals surface area (Å²) in [4.78, 5) is 7.30. The Morgan fingerprint density at radius 2 is 1.55 bits per heavy atom. The minimum atomic E-state index is -4.96. The molecule has 1 aromatic heterocycles. The van der Waals surface area contributed by atoms with Gasteiger partial charge in [-0.3, -0.25) is 5.26 Å². The van der Waals surface area contributed by atoms with Crippen LogP contribution in [0, 0.1) is 0 Å². The van der Waals surface area contributed by atoms with E-state index in [1.165, 1.54) is 0 Å². The molecule has 1 N–H and O–H groups in total. The van der Waals surface area contributed by atoms with E-state index in [2.05, 4.69) is 9.87 Å². The van der Waals surface area contributed by atoms with Gasteiger partial charge in [-0.15, -0.1) is 0 Å². The van der Waals surface area contributed by atoms with Gasteiger partial charge in [-0.1, -0.05) is 0 Å². The van der Waals surface area contributed by atoms with Crippen LogP contribution in [0.2, 0.25) is 0 Å². The van der Waals surface area contributed by atoms with Crippen LogP contribution in [0.1, 0.15) is 16.9 Å². The van der Waals surface area contributed by atoms with Crippen LogP contribution < -0.4 is 0 Å². The average molecular weight is 327 g/mol. The molecule has 0 fully saturated rings. The van der Waals surface area contributed by atoms with Crippen molar-refractivity contribution in [2.24, 2.45) is 0 Å². The fraction of sp³-hybridized carbons (Fsp3) is 0.250. The molecule has 2 aromatic rings. The fourth-order valence-electron chi connectivity index (χ4n) is 1.65. The number of hydrogen-bond donors (Lipinski definition) is 1. The molecule has 1 aromatic carbocycles. The lowest BCUT2D eigenvalue weighted by molar-refractivity contribution is -0.255. The molecule has 0 aliphatic carbocycles. The Labute approximate surface area is 118 Å². The zero-order valence-corrected chi connectivity index (χ0v) is 10.5. The molecule has 0 saturated carbocycles. The van der Waals surface area contributed by atoms with Crippen LogP contribution in [0.25, 0.3) is 11.5 Å². The second kappa shape index (κ2) is 5.61. The van der Waals surface area contributed by atoms with Crippen LogP contribution in [-0.2, 0) is 23.8 Å². The van der Waals surface area contributed by atoms with E-state index in [4.69, 9.17) is 9.67 Å². The Morgan fingerprint density at radius 1 is 1.00 bits per heavy atom. The second-order valence-electron chi connectivity index (χ2n) is 4.20. The van der Waals surface area contributed by atoms with Crippen molar-refractivity contribution >= 4 is 0 Å². The van der Waals surface area contributed by atoms with Gasteiger partial charge in [0.05, 0.1) is 17.3 Å². The van der Waals surface area contributed by atoms with Crippen molar-refractivity contribution in [3.8, 4) is 11.5 Å². The molecule has 0 bridgehead atoms. The number of benzene rings is 1. The molecular weight excluding hydrogens is 320 g/mol. The van der Waals surface area contributed by atoms with Gasteiger partial charge in [-0.25, -0.2) is 9.87 Å². The van der Waals surface area contributed by atoms with E-state index in [9.17, 15) is 26.3 Å². The van der Waals surface area contributed by atoms with Crippen LogP contribution >= 0.6 is 0 Å². The predicted octanol–water partition coefficient (Wildman–Crippen LogP) is 4.37. The number of hydrogen-bond acceptors (Lipinski definition) is 4. The zero-order chi connectivity index (χ0) is 16.5. The first-order valence-corrected chi connectivity index (χ1v) is 5.62. The van der Waals surface area contributed by atoms with Gasteiger partial charge in [-0.2, -0.15) is 26.3 Å². The maximum atomic E-state index is 12.7. The molecule has 0 aliphatic rings. The average Bonchev–Trinajstić information content (AvgIpc) is 2.85. The summed E-state index contributed by atoms with van der Waals surface area (Å²) in [6.45, 7) is -0.446. The Bertz CT molecular complexity index is 629. The maximum Gasteiger partial charge on any atom is 0.416 e. The Balaban J connectivity index is 2.54. The van der Waals surface area contributed by atoms with Crippen LogP contribution in [0.5, 0.6) is 0 Å². The molecule has 0 atom stereocenters. The normalized spacial score (nSPS) is 12.7. The molecular formula is C12H7F6NO3. The number of nitrogens with zero attached hydrogens (tertiary/aromatic N) is 1. The lowest BCUT2D eigenvalue weighted by atomic mass is 10.0. The molecule has 0 unspecified atom stereocenters. The smallest absolute Gasteiger partial charge is 0.416 e. The summed E-state index contributed by atoms with van der Waals surface area (Å²) in [5.41, 5.74) is -3.45. The summed E-state index contributed by atoms with van der Waals surface area (Å²) < 4.78 is 81.2. The van der Waals surface area contributed by atoms with Gasteiger partial charge in [0.25, 0.3) is 0 Å². The highest BCUT2D eigenvalue weighted by Crippen LogP contribution is 2.38. The van der Waals surface area contributed by atoms with Gasteiger partial charge in [0.1, 0.15) is 6.61 Å². The Kier molecular flexibility index (Phi) is 4.16. The summed E-state index contributed by atoms with van der Waals surface area (Å²) >= 11 is 0. The molecule has 120 valence electrons. The van der Waals surface area contributed by atoms with Gasteiger partial charge >= 0.3 is 12.4 Å². The molecule has 1 heterocycles. The summed E-state index contributed by atoms with van der Waals surface area (Å²) in [5, 5.41) is 8.22. The quantitative estimate of drug-likeness (QED) is 0.517. The number of alkyl halides is 6. The maximum absolute atomic E-state index is 12.7. The molecule has 22 heavy (non-hydrogen) atoms.